The van der Waals surface area contributed by atoms with E-state index in [0.717, 1.165) is 0 Å². The smallest absolute Gasteiger partial charge is 0.256 e. The van der Waals surface area contributed by atoms with Gasteiger partial charge in [-0.2, -0.15) is 0 Å². The Hall–Kier alpha value is -1.13. The minimum atomic E-state index is -0.631. The zero-order chi connectivity index (χ0) is 14.6. The lowest BCUT2D eigenvalue weighted by molar-refractivity contribution is 0.0894. The fourth-order valence-corrected chi connectivity index (χ4v) is 2.39. The van der Waals surface area contributed by atoms with Crippen LogP contribution in [0, 0.1) is 11.7 Å². The molecule has 1 aromatic rings. The van der Waals surface area contributed by atoms with Gasteiger partial charge < -0.3 is 11.1 Å². The van der Waals surface area contributed by atoms with E-state index in [1.807, 2.05) is 20.8 Å². The van der Waals surface area contributed by atoms with E-state index >= 15 is 0 Å². The van der Waals surface area contributed by atoms with Gasteiger partial charge in [0.2, 0.25) is 0 Å². The lowest BCUT2D eigenvalue weighted by Crippen LogP contribution is -2.52. The van der Waals surface area contributed by atoms with Crippen LogP contribution in [-0.4, -0.2) is 18.0 Å². The Labute approximate surface area is 118 Å². The van der Waals surface area contributed by atoms with Gasteiger partial charge in [0.15, 0.2) is 0 Å². The number of nitrogens with two attached hydrogens (primary N) is 1. The third-order valence-electron chi connectivity index (χ3n) is 2.91. The molecule has 0 bridgehead atoms. The van der Waals surface area contributed by atoms with Crippen LogP contribution in [0.2, 0.25) is 5.02 Å². The summed E-state index contributed by atoms with van der Waals surface area (Å²) in [4.78, 5) is 12.2. The van der Waals surface area contributed by atoms with Gasteiger partial charge in [-0.05, 0) is 31.4 Å². The molecule has 0 heterocycles. The number of carbonyl (C=O) groups excluding carboxylic acids is 1. The molecule has 0 saturated heterocycles. The van der Waals surface area contributed by atoms with E-state index < -0.39 is 17.3 Å². The van der Waals surface area contributed by atoms with Crippen molar-refractivity contribution in [2.24, 2.45) is 11.7 Å². The maximum Gasteiger partial charge on any atom is 0.256 e. The van der Waals surface area contributed by atoms with E-state index in [2.05, 4.69) is 5.32 Å². The van der Waals surface area contributed by atoms with E-state index in [1.54, 1.807) is 0 Å². The molecule has 1 aromatic carbocycles. The van der Waals surface area contributed by atoms with Crippen molar-refractivity contribution in [3.8, 4) is 0 Å². The van der Waals surface area contributed by atoms with Crippen LogP contribution < -0.4 is 11.1 Å². The molecule has 0 aliphatic rings. The number of benzene rings is 1. The molecule has 0 spiro atoms. The molecule has 0 aromatic heterocycles. The van der Waals surface area contributed by atoms with Crippen molar-refractivity contribution in [2.75, 3.05) is 6.54 Å². The largest absolute Gasteiger partial charge is 0.345 e. The van der Waals surface area contributed by atoms with Crippen molar-refractivity contribution in [1.29, 1.82) is 0 Å². The fourth-order valence-electron chi connectivity index (χ4n) is 2.14. The minimum absolute atomic E-state index is 0.0985. The van der Waals surface area contributed by atoms with E-state index in [4.69, 9.17) is 17.3 Å². The molecule has 1 rings (SSSR count). The first-order valence-electron chi connectivity index (χ1n) is 6.25. The van der Waals surface area contributed by atoms with Crippen molar-refractivity contribution >= 4 is 17.5 Å². The second-order valence-corrected chi connectivity index (χ2v) is 5.82. The van der Waals surface area contributed by atoms with Gasteiger partial charge in [-0.25, -0.2) is 4.39 Å². The highest BCUT2D eigenvalue weighted by molar-refractivity contribution is 6.33. The topological polar surface area (TPSA) is 55.1 Å². The number of amides is 1. The Kier molecular flexibility index (Phi) is 5.32. The number of nitrogens with one attached hydrogen (secondary N) is 1. The molecule has 0 saturated carbocycles. The first kappa shape index (κ1) is 15.9. The van der Waals surface area contributed by atoms with Crippen molar-refractivity contribution < 1.29 is 9.18 Å². The zero-order valence-corrected chi connectivity index (χ0v) is 12.2. The van der Waals surface area contributed by atoms with Crippen LogP contribution in [0.1, 0.15) is 37.6 Å². The fraction of sp³-hybridized carbons (Fsp3) is 0.500. The van der Waals surface area contributed by atoms with Crippen molar-refractivity contribution in [3.05, 3.63) is 34.6 Å². The maximum absolute atomic E-state index is 13.7. The third-order valence-corrected chi connectivity index (χ3v) is 3.23. The van der Waals surface area contributed by atoms with Crippen LogP contribution in [0.5, 0.6) is 0 Å². The number of hydrogen-bond donors (Lipinski definition) is 2. The number of rotatable bonds is 5. The van der Waals surface area contributed by atoms with Gasteiger partial charge in [0, 0.05) is 12.1 Å². The molecule has 106 valence electrons. The zero-order valence-electron chi connectivity index (χ0n) is 11.5. The molecule has 1 unspecified atom stereocenters. The first-order chi connectivity index (χ1) is 8.79. The van der Waals surface area contributed by atoms with Gasteiger partial charge in [-0.1, -0.05) is 31.5 Å². The van der Waals surface area contributed by atoms with E-state index in [0.29, 0.717) is 12.3 Å². The van der Waals surface area contributed by atoms with E-state index in [1.165, 1.54) is 18.2 Å². The average Bonchev–Trinajstić information content (AvgIpc) is 2.27. The lowest BCUT2D eigenvalue weighted by atomic mass is 9.90. The Morgan fingerprint density at radius 1 is 1.53 bits per heavy atom. The van der Waals surface area contributed by atoms with Gasteiger partial charge in [0.05, 0.1) is 10.6 Å². The second kappa shape index (κ2) is 6.35. The molecule has 19 heavy (non-hydrogen) atoms. The number of carbonyl (C=O) groups is 1. The Balaban J connectivity index is 2.95. The molecule has 1 amide bonds. The van der Waals surface area contributed by atoms with Crippen molar-refractivity contribution in [3.63, 3.8) is 0 Å². The predicted molar refractivity (Wildman–Crippen MR) is 75.8 cm³/mol. The van der Waals surface area contributed by atoms with Gasteiger partial charge in [0.25, 0.3) is 5.91 Å². The maximum atomic E-state index is 13.7. The highest BCUT2D eigenvalue weighted by Gasteiger charge is 2.28. The molecule has 0 aliphatic carbocycles. The van der Waals surface area contributed by atoms with Crippen molar-refractivity contribution in [2.45, 2.75) is 32.7 Å². The standard InChI is InChI=1S/C14H20ClFN2O/c1-9(2)7-14(3,8-17)18-13(19)12-10(15)5-4-6-11(12)16/h4-6,9H,7-8,17H2,1-3H3,(H,18,19). The van der Waals surface area contributed by atoms with Crippen LogP contribution in [0.4, 0.5) is 4.39 Å². The minimum Gasteiger partial charge on any atom is -0.345 e. The van der Waals surface area contributed by atoms with Crippen LogP contribution in [0.3, 0.4) is 0 Å². The monoisotopic (exact) mass is 286 g/mol. The molecule has 0 radical (unpaired) electrons. The normalized spacial score (nSPS) is 14.3. The SMILES string of the molecule is CC(C)CC(C)(CN)NC(=O)c1c(F)cccc1Cl. The van der Waals surface area contributed by atoms with Gasteiger partial charge in [0.1, 0.15) is 5.82 Å². The first-order valence-corrected chi connectivity index (χ1v) is 6.63. The molecule has 0 aliphatic heterocycles. The summed E-state index contributed by atoms with van der Waals surface area (Å²) in [6.45, 7) is 6.20. The summed E-state index contributed by atoms with van der Waals surface area (Å²) < 4.78 is 13.7. The molecule has 3 N–H and O–H groups in total. The number of halogens is 2. The molecule has 0 fully saturated rings. The average molecular weight is 287 g/mol. The van der Waals surface area contributed by atoms with Gasteiger partial charge in [-0.3, -0.25) is 4.79 Å². The van der Waals surface area contributed by atoms with Crippen LogP contribution in [0.25, 0.3) is 0 Å². The number of hydrogen-bond acceptors (Lipinski definition) is 2. The van der Waals surface area contributed by atoms with Crippen LogP contribution in [0.15, 0.2) is 18.2 Å². The van der Waals surface area contributed by atoms with Crippen LogP contribution >= 0.6 is 11.6 Å². The second-order valence-electron chi connectivity index (χ2n) is 5.41. The van der Waals surface area contributed by atoms with E-state index in [-0.39, 0.29) is 17.1 Å². The molecule has 1 atom stereocenters. The Morgan fingerprint density at radius 3 is 2.63 bits per heavy atom. The molecular formula is C14H20ClFN2O. The summed E-state index contributed by atoms with van der Waals surface area (Å²) in [7, 11) is 0. The molecular weight excluding hydrogens is 267 g/mol. The summed E-state index contributed by atoms with van der Waals surface area (Å²) in [6.07, 6.45) is 0.710. The van der Waals surface area contributed by atoms with Gasteiger partial charge in [-0.15, -0.1) is 0 Å². The lowest BCUT2D eigenvalue weighted by Gasteiger charge is -2.31. The highest BCUT2D eigenvalue weighted by Crippen LogP contribution is 2.21. The van der Waals surface area contributed by atoms with Crippen LogP contribution in [-0.2, 0) is 0 Å². The third kappa shape index (κ3) is 4.18. The van der Waals surface area contributed by atoms with Gasteiger partial charge >= 0.3 is 0 Å². The Morgan fingerprint density at radius 2 is 2.16 bits per heavy atom. The van der Waals surface area contributed by atoms with Crippen molar-refractivity contribution in [1.82, 2.24) is 5.32 Å². The molecule has 5 heteroatoms. The highest BCUT2D eigenvalue weighted by atomic mass is 35.5. The summed E-state index contributed by atoms with van der Waals surface area (Å²) in [5.74, 6) is -0.796. The Bertz CT molecular complexity index is 445. The summed E-state index contributed by atoms with van der Waals surface area (Å²) in [6, 6.07) is 4.16. The summed E-state index contributed by atoms with van der Waals surface area (Å²) in [5.41, 5.74) is 5.01. The predicted octanol–water partition coefficient (Wildman–Crippen LogP) is 2.97. The summed E-state index contributed by atoms with van der Waals surface area (Å²) in [5, 5.41) is 2.88. The van der Waals surface area contributed by atoms with E-state index in [9.17, 15) is 9.18 Å². The summed E-state index contributed by atoms with van der Waals surface area (Å²) >= 11 is 5.87. The quantitative estimate of drug-likeness (QED) is 0.874. The molecule has 3 nitrogen and oxygen atoms in total.